The Kier molecular flexibility index (Phi) is 9.95. The number of allylic oxidation sites excluding steroid dienone is 1. The van der Waals surface area contributed by atoms with Gasteiger partial charge in [-0.2, -0.15) is 0 Å². The molecular formula is C24H25BrO6. The summed E-state index contributed by atoms with van der Waals surface area (Å²) in [4.78, 5) is 11.2. The van der Waals surface area contributed by atoms with Crippen molar-refractivity contribution in [1.82, 2.24) is 0 Å². The summed E-state index contributed by atoms with van der Waals surface area (Å²) in [6.07, 6.45) is 2.94. The molecule has 0 aromatic heterocycles. The van der Waals surface area contributed by atoms with E-state index in [1.165, 1.54) is 0 Å². The molecule has 2 aromatic carbocycles. The van der Waals surface area contributed by atoms with Crippen molar-refractivity contribution in [2.75, 3.05) is 27.4 Å². The number of benzene rings is 2. The molecule has 1 unspecified atom stereocenters. The van der Waals surface area contributed by atoms with Gasteiger partial charge in [-0.05, 0) is 64.8 Å². The molecule has 0 saturated heterocycles. The highest BCUT2D eigenvalue weighted by Crippen LogP contribution is 2.27. The van der Waals surface area contributed by atoms with Crippen LogP contribution in [0, 0.1) is 11.8 Å². The Morgan fingerprint density at radius 1 is 1.16 bits per heavy atom. The SMILES string of the molecule is CCOC(Cc1ccc(OC/C=C\C#Cc2cc(OC)cc(OC)c2)c(Br)c1)C(=O)O. The second-order valence-electron chi connectivity index (χ2n) is 6.34. The normalized spacial score (nSPS) is 11.5. The first kappa shape index (κ1) is 24.3. The van der Waals surface area contributed by atoms with Gasteiger partial charge in [0.1, 0.15) is 23.9 Å². The van der Waals surface area contributed by atoms with E-state index < -0.39 is 12.1 Å². The van der Waals surface area contributed by atoms with E-state index >= 15 is 0 Å². The topological polar surface area (TPSA) is 74.2 Å². The van der Waals surface area contributed by atoms with Gasteiger partial charge in [0, 0.05) is 24.7 Å². The first-order valence-electron chi connectivity index (χ1n) is 9.62. The van der Waals surface area contributed by atoms with E-state index in [-0.39, 0.29) is 6.42 Å². The lowest BCUT2D eigenvalue weighted by Gasteiger charge is -2.13. The second-order valence-corrected chi connectivity index (χ2v) is 7.19. The number of rotatable bonds is 10. The zero-order valence-corrected chi connectivity index (χ0v) is 19.3. The van der Waals surface area contributed by atoms with Crippen LogP contribution < -0.4 is 14.2 Å². The lowest BCUT2D eigenvalue weighted by atomic mass is 10.1. The van der Waals surface area contributed by atoms with Gasteiger partial charge in [0.15, 0.2) is 6.10 Å². The third-order valence-corrected chi connectivity index (χ3v) is 4.78. The van der Waals surface area contributed by atoms with Gasteiger partial charge in [-0.15, -0.1) is 0 Å². The summed E-state index contributed by atoms with van der Waals surface area (Å²) >= 11 is 3.46. The fourth-order valence-electron chi connectivity index (χ4n) is 2.67. The highest BCUT2D eigenvalue weighted by Gasteiger charge is 2.18. The molecule has 0 amide bonds. The fourth-order valence-corrected chi connectivity index (χ4v) is 3.21. The van der Waals surface area contributed by atoms with Crippen molar-refractivity contribution >= 4 is 21.9 Å². The monoisotopic (exact) mass is 488 g/mol. The number of halogens is 1. The predicted molar refractivity (Wildman–Crippen MR) is 122 cm³/mol. The molecule has 0 heterocycles. The van der Waals surface area contributed by atoms with Crippen LogP contribution in [0.4, 0.5) is 0 Å². The Balaban J connectivity index is 1.92. The second kappa shape index (κ2) is 12.7. The lowest BCUT2D eigenvalue weighted by Crippen LogP contribution is -2.26. The maximum atomic E-state index is 11.2. The summed E-state index contributed by atoms with van der Waals surface area (Å²) in [6.45, 7) is 2.46. The van der Waals surface area contributed by atoms with Crippen LogP contribution >= 0.6 is 15.9 Å². The van der Waals surface area contributed by atoms with Crippen molar-refractivity contribution in [2.45, 2.75) is 19.4 Å². The van der Waals surface area contributed by atoms with Gasteiger partial charge in [-0.1, -0.05) is 17.9 Å². The number of hydrogen-bond acceptors (Lipinski definition) is 5. The summed E-state index contributed by atoms with van der Waals surface area (Å²) in [5, 5.41) is 9.21. The first-order valence-corrected chi connectivity index (χ1v) is 10.4. The van der Waals surface area contributed by atoms with Crippen LogP contribution in [0.2, 0.25) is 0 Å². The van der Waals surface area contributed by atoms with Crippen LogP contribution in [0.1, 0.15) is 18.1 Å². The lowest BCUT2D eigenvalue weighted by molar-refractivity contribution is -0.149. The Hall–Kier alpha value is -2.95. The van der Waals surface area contributed by atoms with Gasteiger partial charge < -0.3 is 24.1 Å². The summed E-state index contributed by atoms with van der Waals surface area (Å²) in [5.41, 5.74) is 1.63. The van der Waals surface area contributed by atoms with Crippen molar-refractivity contribution in [2.24, 2.45) is 0 Å². The van der Waals surface area contributed by atoms with Crippen molar-refractivity contribution in [3.8, 4) is 29.1 Å². The maximum absolute atomic E-state index is 11.2. The van der Waals surface area contributed by atoms with E-state index in [0.29, 0.717) is 30.5 Å². The molecule has 31 heavy (non-hydrogen) atoms. The molecule has 0 radical (unpaired) electrons. The third kappa shape index (κ3) is 8.00. The Bertz CT molecular complexity index is 952. The van der Waals surface area contributed by atoms with E-state index in [4.69, 9.17) is 18.9 Å². The molecule has 1 atom stereocenters. The largest absolute Gasteiger partial charge is 0.497 e. The number of methoxy groups -OCH3 is 2. The molecule has 0 spiro atoms. The molecular weight excluding hydrogens is 464 g/mol. The number of hydrogen-bond donors (Lipinski definition) is 1. The highest BCUT2D eigenvalue weighted by molar-refractivity contribution is 9.10. The molecule has 0 fully saturated rings. The molecule has 0 aliphatic carbocycles. The fraction of sp³-hybridized carbons (Fsp3) is 0.292. The minimum Gasteiger partial charge on any atom is -0.497 e. The molecule has 164 valence electrons. The van der Waals surface area contributed by atoms with Crippen LogP contribution in [0.15, 0.2) is 53.0 Å². The highest BCUT2D eigenvalue weighted by atomic mass is 79.9. The van der Waals surface area contributed by atoms with Crippen molar-refractivity contribution in [3.63, 3.8) is 0 Å². The summed E-state index contributed by atoms with van der Waals surface area (Å²) in [6, 6.07) is 10.9. The third-order valence-electron chi connectivity index (χ3n) is 4.16. The molecule has 7 heteroatoms. The number of carbonyl (C=O) groups is 1. The minimum atomic E-state index is -0.975. The van der Waals surface area contributed by atoms with Gasteiger partial charge >= 0.3 is 5.97 Å². The Morgan fingerprint density at radius 2 is 1.87 bits per heavy atom. The summed E-state index contributed by atoms with van der Waals surface area (Å²) < 4.78 is 22.2. The number of carboxylic acids is 1. The smallest absolute Gasteiger partial charge is 0.333 e. The van der Waals surface area contributed by atoms with E-state index in [1.54, 1.807) is 45.4 Å². The van der Waals surface area contributed by atoms with Crippen LogP contribution in [-0.2, 0) is 16.0 Å². The number of ether oxygens (including phenoxy) is 4. The van der Waals surface area contributed by atoms with Crippen LogP contribution in [0.3, 0.4) is 0 Å². The van der Waals surface area contributed by atoms with Gasteiger partial charge in [0.05, 0.1) is 18.7 Å². The predicted octanol–water partition coefficient (Wildman–Crippen LogP) is 4.49. The van der Waals surface area contributed by atoms with Crippen molar-refractivity contribution in [3.05, 3.63) is 64.1 Å². The van der Waals surface area contributed by atoms with E-state index in [2.05, 4.69) is 27.8 Å². The van der Waals surface area contributed by atoms with E-state index in [9.17, 15) is 9.90 Å². The van der Waals surface area contributed by atoms with Crippen LogP contribution in [-0.4, -0.2) is 44.6 Å². The van der Waals surface area contributed by atoms with Gasteiger partial charge in [-0.25, -0.2) is 4.79 Å². The molecule has 6 nitrogen and oxygen atoms in total. The quantitative estimate of drug-likeness (QED) is 0.496. The van der Waals surface area contributed by atoms with Crippen molar-refractivity contribution in [1.29, 1.82) is 0 Å². The molecule has 0 saturated carbocycles. The summed E-state index contributed by atoms with van der Waals surface area (Å²) in [7, 11) is 3.19. The molecule has 0 aliphatic heterocycles. The van der Waals surface area contributed by atoms with E-state index in [0.717, 1.165) is 15.6 Å². The van der Waals surface area contributed by atoms with Gasteiger partial charge in [0.25, 0.3) is 0 Å². The summed E-state index contributed by atoms with van der Waals surface area (Å²) in [5.74, 6) is 7.02. The average Bonchev–Trinajstić information content (AvgIpc) is 2.76. The molecule has 1 N–H and O–H groups in total. The number of carboxylic acid groups (broad SMARTS) is 1. The Labute approximate surface area is 190 Å². The van der Waals surface area contributed by atoms with Crippen molar-refractivity contribution < 1.29 is 28.8 Å². The van der Waals surface area contributed by atoms with Gasteiger partial charge in [-0.3, -0.25) is 0 Å². The van der Waals surface area contributed by atoms with E-state index in [1.807, 2.05) is 24.3 Å². The molecule has 2 aromatic rings. The number of aliphatic carboxylic acids is 1. The average molecular weight is 489 g/mol. The Morgan fingerprint density at radius 3 is 2.45 bits per heavy atom. The minimum absolute atomic E-state index is 0.284. The first-order chi connectivity index (χ1) is 15.0. The maximum Gasteiger partial charge on any atom is 0.333 e. The zero-order chi connectivity index (χ0) is 22.6. The zero-order valence-electron chi connectivity index (χ0n) is 17.7. The molecule has 2 rings (SSSR count). The van der Waals surface area contributed by atoms with Gasteiger partial charge in [0.2, 0.25) is 0 Å². The van der Waals surface area contributed by atoms with Crippen LogP contribution in [0.25, 0.3) is 0 Å². The standard InChI is InChI=1S/C24H25BrO6/c1-4-30-23(24(26)27)15-18-9-10-22(21(25)14-18)31-11-7-5-6-8-17-12-19(28-2)16-20(13-17)29-3/h5,7,9-10,12-14,16,23H,4,11,15H2,1-3H3,(H,26,27)/b7-5-. The van der Waals surface area contributed by atoms with Crippen LogP contribution in [0.5, 0.6) is 17.2 Å². The molecule has 0 bridgehead atoms. The molecule has 0 aliphatic rings.